The van der Waals surface area contributed by atoms with E-state index in [1.165, 1.54) is 0 Å². The van der Waals surface area contributed by atoms with Gasteiger partial charge in [0.1, 0.15) is 0 Å². The summed E-state index contributed by atoms with van der Waals surface area (Å²) < 4.78 is 28.3. The Bertz CT molecular complexity index is 916. The molecule has 4 rings (SSSR count). The number of halogens is 1. The maximum absolute atomic E-state index is 13.3. The molecule has 7 heteroatoms. The van der Waals surface area contributed by atoms with Crippen LogP contribution in [-0.2, 0) is 16.6 Å². The molecule has 1 fully saturated rings. The van der Waals surface area contributed by atoms with Crippen LogP contribution in [-0.4, -0.2) is 37.3 Å². The van der Waals surface area contributed by atoms with Crippen molar-refractivity contribution < 1.29 is 8.42 Å². The highest BCUT2D eigenvalue weighted by molar-refractivity contribution is 7.89. The summed E-state index contributed by atoms with van der Waals surface area (Å²) >= 11 is 6.16. The van der Waals surface area contributed by atoms with Gasteiger partial charge in [0.15, 0.2) is 0 Å². The summed E-state index contributed by atoms with van der Waals surface area (Å²) in [5.74, 6) is 0.488. The highest BCUT2D eigenvalue weighted by atomic mass is 35.5. The number of aromatic nitrogens is 1. The lowest BCUT2D eigenvalue weighted by atomic mass is 9.91. The normalized spacial score (nSPS) is 23.8. The molecule has 0 spiro atoms. The Balaban J connectivity index is 1.79. The third-order valence-electron chi connectivity index (χ3n) is 5.24. The monoisotopic (exact) mass is 377 g/mol. The molecule has 5 nitrogen and oxygen atoms in total. The van der Waals surface area contributed by atoms with E-state index in [-0.39, 0.29) is 16.7 Å². The van der Waals surface area contributed by atoms with Crippen molar-refractivity contribution in [2.24, 2.45) is 5.92 Å². The number of sulfonamides is 1. The Morgan fingerprint density at radius 2 is 2.08 bits per heavy atom. The number of rotatable bonds is 2. The standard InChI is InChI=1S/C18H20ClN3O2S/c1-12-16(19)5-2-6-17(12)25(23,24)22-10-13-4-3-7-21-18(13)15-9-20-8-14(15)11-22/h2-7,14-15,20H,8-11H2,1H3/t14-,15+/m1/s1. The van der Waals surface area contributed by atoms with Crippen LogP contribution in [0.25, 0.3) is 0 Å². The molecule has 1 aromatic carbocycles. The van der Waals surface area contributed by atoms with Crippen LogP contribution in [0.3, 0.4) is 0 Å². The molecule has 25 heavy (non-hydrogen) atoms. The molecule has 0 unspecified atom stereocenters. The van der Waals surface area contributed by atoms with Gasteiger partial charge in [-0.05, 0) is 48.7 Å². The molecule has 0 saturated carbocycles. The van der Waals surface area contributed by atoms with Crippen LogP contribution in [0.15, 0.2) is 41.4 Å². The van der Waals surface area contributed by atoms with Gasteiger partial charge in [0.2, 0.25) is 10.0 Å². The van der Waals surface area contributed by atoms with Gasteiger partial charge in [-0.2, -0.15) is 4.31 Å². The zero-order valence-electron chi connectivity index (χ0n) is 13.9. The molecule has 0 radical (unpaired) electrons. The van der Waals surface area contributed by atoms with Crippen molar-refractivity contribution in [3.05, 3.63) is 58.4 Å². The van der Waals surface area contributed by atoms with Gasteiger partial charge in [-0.15, -0.1) is 0 Å². The molecule has 2 aliphatic heterocycles. The molecule has 2 atom stereocenters. The highest BCUT2D eigenvalue weighted by Crippen LogP contribution is 2.36. The smallest absolute Gasteiger partial charge is 0.243 e. The average Bonchev–Trinajstić information content (AvgIpc) is 2.99. The van der Waals surface area contributed by atoms with Crippen molar-refractivity contribution in [3.63, 3.8) is 0 Å². The van der Waals surface area contributed by atoms with Gasteiger partial charge in [0.25, 0.3) is 0 Å². The van der Waals surface area contributed by atoms with Crippen molar-refractivity contribution in [2.45, 2.75) is 24.3 Å². The molecule has 0 aliphatic carbocycles. The summed E-state index contributed by atoms with van der Waals surface area (Å²) in [5, 5.41) is 3.85. The van der Waals surface area contributed by atoms with Crippen LogP contribution in [0, 0.1) is 12.8 Å². The minimum absolute atomic E-state index is 0.227. The summed E-state index contributed by atoms with van der Waals surface area (Å²) in [6, 6.07) is 8.90. The summed E-state index contributed by atoms with van der Waals surface area (Å²) in [4.78, 5) is 4.85. The first-order valence-corrected chi connectivity index (χ1v) is 10.2. The Kier molecular flexibility index (Phi) is 4.32. The fourth-order valence-electron chi connectivity index (χ4n) is 3.87. The lowest BCUT2D eigenvalue weighted by molar-refractivity contribution is 0.349. The van der Waals surface area contributed by atoms with E-state index in [4.69, 9.17) is 11.6 Å². The molecule has 2 aromatic rings. The third kappa shape index (κ3) is 2.87. The molecule has 132 valence electrons. The van der Waals surface area contributed by atoms with Crippen molar-refractivity contribution >= 4 is 21.6 Å². The first-order chi connectivity index (χ1) is 12.0. The first-order valence-electron chi connectivity index (χ1n) is 8.38. The largest absolute Gasteiger partial charge is 0.316 e. The summed E-state index contributed by atoms with van der Waals surface area (Å²) in [6.07, 6.45) is 1.79. The van der Waals surface area contributed by atoms with Gasteiger partial charge < -0.3 is 5.32 Å². The number of fused-ring (bicyclic) bond motifs is 3. The third-order valence-corrected chi connectivity index (χ3v) is 7.60. The summed E-state index contributed by atoms with van der Waals surface area (Å²) in [7, 11) is -3.63. The summed E-state index contributed by atoms with van der Waals surface area (Å²) in [5.41, 5.74) is 2.61. The Labute approximate surface area is 153 Å². The Morgan fingerprint density at radius 3 is 2.92 bits per heavy atom. The minimum atomic E-state index is -3.63. The van der Waals surface area contributed by atoms with Crippen molar-refractivity contribution in [3.8, 4) is 0 Å². The van der Waals surface area contributed by atoms with Crippen LogP contribution in [0.1, 0.15) is 22.7 Å². The van der Waals surface area contributed by atoms with Gasteiger partial charge in [0.05, 0.1) is 4.90 Å². The number of hydrogen-bond acceptors (Lipinski definition) is 4. The SMILES string of the molecule is Cc1c(Cl)cccc1S(=O)(=O)N1Cc2cccnc2[C@H]2CNC[C@@H]2C1. The number of benzene rings is 1. The number of hydrogen-bond donors (Lipinski definition) is 1. The van der Waals surface area contributed by atoms with Crippen LogP contribution in [0.5, 0.6) is 0 Å². The molecule has 2 aliphatic rings. The molecular formula is C18H20ClN3O2S. The van der Waals surface area contributed by atoms with E-state index in [9.17, 15) is 8.42 Å². The van der Waals surface area contributed by atoms with Crippen LogP contribution in [0.4, 0.5) is 0 Å². The molecule has 1 N–H and O–H groups in total. The van der Waals surface area contributed by atoms with Crippen molar-refractivity contribution in [2.75, 3.05) is 19.6 Å². The molecule has 3 heterocycles. The lowest BCUT2D eigenvalue weighted by Crippen LogP contribution is -2.35. The van der Waals surface area contributed by atoms with Crippen LogP contribution >= 0.6 is 11.6 Å². The lowest BCUT2D eigenvalue weighted by Gasteiger charge is -2.24. The van der Waals surface area contributed by atoms with E-state index in [0.29, 0.717) is 23.7 Å². The summed E-state index contributed by atoms with van der Waals surface area (Å²) in [6.45, 7) is 4.25. The zero-order valence-corrected chi connectivity index (χ0v) is 15.5. The number of nitrogens with one attached hydrogen (secondary N) is 1. The highest BCUT2D eigenvalue weighted by Gasteiger charge is 2.39. The van der Waals surface area contributed by atoms with E-state index < -0.39 is 10.0 Å². The fraction of sp³-hybridized carbons (Fsp3) is 0.389. The van der Waals surface area contributed by atoms with Crippen molar-refractivity contribution in [1.29, 1.82) is 0 Å². The van der Waals surface area contributed by atoms with Gasteiger partial charge in [0, 0.05) is 42.5 Å². The Morgan fingerprint density at radius 1 is 1.24 bits per heavy atom. The van der Waals surface area contributed by atoms with Crippen molar-refractivity contribution in [1.82, 2.24) is 14.6 Å². The predicted octanol–water partition coefficient (Wildman–Crippen LogP) is 2.55. The zero-order chi connectivity index (χ0) is 17.6. The second-order valence-corrected chi connectivity index (χ2v) is 9.05. The van der Waals surface area contributed by atoms with E-state index in [1.807, 2.05) is 12.1 Å². The fourth-order valence-corrected chi connectivity index (χ4v) is 5.82. The van der Waals surface area contributed by atoms with Gasteiger partial charge >= 0.3 is 0 Å². The maximum Gasteiger partial charge on any atom is 0.243 e. The van der Waals surface area contributed by atoms with E-state index in [1.54, 1.807) is 35.6 Å². The van der Waals surface area contributed by atoms with Crippen LogP contribution < -0.4 is 5.32 Å². The first kappa shape index (κ1) is 17.0. The second-order valence-electron chi connectivity index (χ2n) is 6.73. The Hall–Kier alpha value is -1.47. The molecule has 1 aromatic heterocycles. The van der Waals surface area contributed by atoms with Gasteiger partial charge in [-0.1, -0.05) is 23.7 Å². The molecular weight excluding hydrogens is 358 g/mol. The van der Waals surface area contributed by atoms with Gasteiger partial charge in [-0.25, -0.2) is 8.42 Å². The van der Waals surface area contributed by atoms with E-state index in [0.717, 1.165) is 24.3 Å². The number of pyridine rings is 1. The average molecular weight is 378 g/mol. The second kappa shape index (κ2) is 6.36. The molecule has 0 amide bonds. The predicted molar refractivity (Wildman–Crippen MR) is 97.1 cm³/mol. The number of nitrogens with zero attached hydrogens (tertiary/aromatic N) is 2. The quantitative estimate of drug-likeness (QED) is 0.873. The maximum atomic E-state index is 13.3. The topological polar surface area (TPSA) is 62.3 Å². The minimum Gasteiger partial charge on any atom is -0.316 e. The van der Waals surface area contributed by atoms with Gasteiger partial charge in [-0.3, -0.25) is 4.98 Å². The van der Waals surface area contributed by atoms with Crippen LogP contribution in [0.2, 0.25) is 5.02 Å². The van der Waals surface area contributed by atoms with E-state index >= 15 is 0 Å². The molecule has 0 bridgehead atoms. The molecule has 1 saturated heterocycles. The van der Waals surface area contributed by atoms with E-state index in [2.05, 4.69) is 10.3 Å².